The lowest BCUT2D eigenvalue weighted by Crippen LogP contribution is -2.35. The van der Waals surface area contributed by atoms with E-state index in [0.717, 1.165) is 34.9 Å². The Morgan fingerprint density at radius 3 is 2.83 bits per heavy atom. The third kappa shape index (κ3) is 3.16. The highest BCUT2D eigenvalue weighted by molar-refractivity contribution is 6.31. The minimum absolute atomic E-state index is 0.0378. The van der Waals surface area contributed by atoms with E-state index in [1.165, 1.54) is 0 Å². The summed E-state index contributed by atoms with van der Waals surface area (Å²) in [6.07, 6.45) is 0.850. The van der Waals surface area contributed by atoms with Crippen LogP contribution in [0.3, 0.4) is 0 Å². The van der Waals surface area contributed by atoms with Crippen LogP contribution in [-0.2, 0) is 6.54 Å². The smallest absolute Gasteiger partial charge is 0.124 e. The molecule has 0 bridgehead atoms. The average Bonchev–Trinajstić information content (AvgIpc) is 2.27. The number of hydrogen-bond acceptors (Lipinski definition) is 3. The second-order valence-corrected chi connectivity index (χ2v) is 6.24. The van der Waals surface area contributed by atoms with Crippen LogP contribution in [0.1, 0.15) is 44.4 Å². The maximum absolute atomic E-state index is 6.30. The molecule has 100 valence electrons. The first-order valence-corrected chi connectivity index (χ1v) is 6.70. The third-order valence-electron chi connectivity index (χ3n) is 3.07. The highest BCUT2D eigenvalue weighted by Gasteiger charge is 2.20. The summed E-state index contributed by atoms with van der Waals surface area (Å²) in [6.45, 7) is 7.80. The van der Waals surface area contributed by atoms with Gasteiger partial charge in [-0.2, -0.15) is 0 Å². The Bertz CT molecular complexity index is 440. The molecule has 0 unspecified atom stereocenters. The first kappa shape index (κ1) is 13.7. The predicted molar refractivity (Wildman–Crippen MR) is 75.1 cm³/mol. The molecule has 0 aliphatic carbocycles. The molecule has 0 aromatic heterocycles. The van der Waals surface area contributed by atoms with E-state index in [1.54, 1.807) is 0 Å². The summed E-state index contributed by atoms with van der Waals surface area (Å²) in [7, 11) is 0. The Morgan fingerprint density at radius 1 is 1.44 bits per heavy atom. The molecule has 0 fully saturated rings. The van der Waals surface area contributed by atoms with Crippen molar-refractivity contribution >= 4 is 11.6 Å². The number of benzene rings is 1. The van der Waals surface area contributed by atoms with Gasteiger partial charge >= 0.3 is 0 Å². The zero-order valence-corrected chi connectivity index (χ0v) is 12.0. The predicted octanol–water partition coefficient (Wildman–Crippen LogP) is 3.01. The van der Waals surface area contributed by atoms with Gasteiger partial charge in [-0.1, -0.05) is 11.6 Å². The zero-order valence-electron chi connectivity index (χ0n) is 11.2. The molecule has 18 heavy (non-hydrogen) atoms. The van der Waals surface area contributed by atoms with Gasteiger partial charge in [0.1, 0.15) is 5.75 Å². The van der Waals surface area contributed by atoms with Crippen molar-refractivity contribution in [3.05, 3.63) is 28.3 Å². The molecule has 4 heteroatoms. The second kappa shape index (κ2) is 5.08. The van der Waals surface area contributed by atoms with Gasteiger partial charge in [0.2, 0.25) is 0 Å². The summed E-state index contributed by atoms with van der Waals surface area (Å²) in [5, 5.41) is 4.18. The standard InChI is InChI=1S/C14H21ClN2O/c1-14(2,3)17-8-9-6-13-10(7-11(9)15)12(16)4-5-18-13/h6-7,12,17H,4-5,8,16H2,1-3H3/t12-/m1/s1. The molecule has 1 heterocycles. The van der Waals surface area contributed by atoms with Gasteiger partial charge in [-0.3, -0.25) is 0 Å². The fraction of sp³-hybridized carbons (Fsp3) is 0.571. The highest BCUT2D eigenvalue weighted by Crippen LogP contribution is 2.35. The maximum atomic E-state index is 6.30. The van der Waals surface area contributed by atoms with Crippen LogP contribution in [0.2, 0.25) is 5.02 Å². The van der Waals surface area contributed by atoms with Gasteiger partial charge in [-0.05, 0) is 38.5 Å². The molecule has 0 radical (unpaired) electrons. The van der Waals surface area contributed by atoms with Crippen molar-refractivity contribution in [1.29, 1.82) is 0 Å². The summed E-state index contributed by atoms with van der Waals surface area (Å²) in [5.41, 5.74) is 8.19. The topological polar surface area (TPSA) is 47.3 Å². The van der Waals surface area contributed by atoms with Crippen molar-refractivity contribution in [3.8, 4) is 5.75 Å². The molecule has 2 rings (SSSR count). The number of nitrogens with one attached hydrogen (secondary N) is 1. The van der Waals surface area contributed by atoms with E-state index in [-0.39, 0.29) is 11.6 Å². The van der Waals surface area contributed by atoms with Crippen LogP contribution >= 0.6 is 11.6 Å². The summed E-state index contributed by atoms with van der Waals surface area (Å²) >= 11 is 6.30. The van der Waals surface area contributed by atoms with E-state index in [0.29, 0.717) is 6.61 Å². The molecule has 3 nitrogen and oxygen atoms in total. The fourth-order valence-electron chi connectivity index (χ4n) is 1.97. The van der Waals surface area contributed by atoms with E-state index < -0.39 is 0 Å². The maximum Gasteiger partial charge on any atom is 0.124 e. The van der Waals surface area contributed by atoms with E-state index in [9.17, 15) is 0 Å². The normalized spacial score (nSPS) is 19.3. The Labute approximate surface area is 114 Å². The zero-order chi connectivity index (χ0) is 13.3. The van der Waals surface area contributed by atoms with Gasteiger partial charge < -0.3 is 15.8 Å². The fourth-order valence-corrected chi connectivity index (χ4v) is 2.21. The van der Waals surface area contributed by atoms with Gasteiger partial charge in [0.05, 0.1) is 6.61 Å². The molecular weight excluding hydrogens is 248 g/mol. The summed E-state index contributed by atoms with van der Waals surface area (Å²) < 4.78 is 5.66. The monoisotopic (exact) mass is 268 g/mol. The Balaban J connectivity index is 2.22. The number of rotatable bonds is 2. The van der Waals surface area contributed by atoms with Crippen molar-refractivity contribution in [2.24, 2.45) is 5.73 Å². The van der Waals surface area contributed by atoms with Crippen molar-refractivity contribution in [2.75, 3.05) is 6.61 Å². The molecule has 1 aromatic rings. The first-order chi connectivity index (χ1) is 8.37. The van der Waals surface area contributed by atoms with Crippen molar-refractivity contribution in [3.63, 3.8) is 0 Å². The van der Waals surface area contributed by atoms with Crippen LogP contribution in [0.5, 0.6) is 5.75 Å². The second-order valence-electron chi connectivity index (χ2n) is 5.83. The minimum Gasteiger partial charge on any atom is -0.493 e. The van der Waals surface area contributed by atoms with Crippen LogP contribution in [0.4, 0.5) is 0 Å². The highest BCUT2D eigenvalue weighted by atomic mass is 35.5. The van der Waals surface area contributed by atoms with Gasteiger partial charge in [0.25, 0.3) is 0 Å². The molecule has 0 saturated carbocycles. The van der Waals surface area contributed by atoms with Gasteiger partial charge in [-0.15, -0.1) is 0 Å². The Hall–Kier alpha value is -0.770. The van der Waals surface area contributed by atoms with Crippen LogP contribution in [-0.4, -0.2) is 12.1 Å². The summed E-state index contributed by atoms with van der Waals surface area (Å²) in [6, 6.07) is 3.99. The number of nitrogens with two attached hydrogens (primary N) is 1. The summed E-state index contributed by atoms with van der Waals surface area (Å²) in [5.74, 6) is 0.879. The lowest BCUT2D eigenvalue weighted by Gasteiger charge is -2.25. The van der Waals surface area contributed by atoms with Crippen LogP contribution in [0.15, 0.2) is 12.1 Å². The molecule has 1 aromatic carbocycles. The van der Waals surface area contributed by atoms with Gasteiger partial charge in [-0.25, -0.2) is 0 Å². The summed E-state index contributed by atoms with van der Waals surface area (Å²) in [4.78, 5) is 0. The van der Waals surface area contributed by atoms with Crippen molar-refractivity contribution < 1.29 is 4.74 Å². The number of ether oxygens (including phenoxy) is 1. The molecule has 1 atom stereocenters. The quantitative estimate of drug-likeness (QED) is 0.867. The molecule has 0 amide bonds. The molecule has 0 spiro atoms. The van der Waals surface area contributed by atoms with Gasteiger partial charge in [0.15, 0.2) is 0 Å². The Morgan fingerprint density at radius 2 is 2.17 bits per heavy atom. The van der Waals surface area contributed by atoms with E-state index in [4.69, 9.17) is 22.1 Å². The largest absolute Gasteiger partial charge is 0.493 e. The molecular formula is C14H21ClN2O. The van der Waals surface area contributed by atoms with Crippen LogP contribution in [0.25, 0.3) is 0 Å². The minimum atomic E-state index is 0.0378. The SMILES string of the molecule is CC(C)(C)NCc1cc2c(cc1Cl)[C@H](N)CCO2. The number of hydrogen-bond donors (Lipinski definition) is 2. The molecule has 3 N–H and O–H groups in total. The number of fused-ring (bicyclic) bond motifs is 1. The van der Waals surface area contributed by atoms with Gasteiger partial charge in [0, 0.05) is 35.1 Å². The number of halogens is 1. The first-order valence-electron chi connectivity index (χ1n) is 6.32. The Kier molecular flexibility index (Phi) is 3.85. The lowest BCUT2D eigenvalue weighted by molar-refractivity contribution is 0.268. The van der Waals surface area contributed by atoms with Crippen LogP contribution < -0.4 is 15.8 Å². The average molecular weight is 269 g/mol. The third-order valence-corrected chi connectivity index (χ3v) is 3.43. The van der Waals surface area contributed by atoms with Crippen molar-refractivity contribution in [1.82, 2.24) is 5.32 Å². The molecule has 1 aliphatic rings. The van der Waals surface area contributed by atoms with E-state index >= 15 is 0 Å². The molecule has 1 aliphatic heterocycles. The lowest BCUT2D eigenvalue weighted by atomic mass is 9.99. The van der Waals surface area contributed by atoms with Crippen LogP contribution in [0, 0.1) is 0 Å². The van der Waals surface area contributed by atoms with Crippen molar-refractivity contribution in [2.45, 2.75) is 45.3 Å². The van der Waals surface area contributed by atoms with E-state index in [1.807, 2.05) is 12.1 Å². The molecule has 0 saturated heterocycles. The van der Waals surface area contributed by atoms with E-state index in [2.05, 4.69) is 26.1 Å².